The molecule has 35 atom stereocenters. The summed E-state index contributed by atoms with van der Waals surface area (Å²) in [5.74, 6) is 0. The van der Waals surface area contributed by atoms with E-state index in [1.54, 1.807) is 60.7 Å². The van der Waals surface area contributed by atoms with Crippen molar-refractivity contribution in [3.63, 3.8) is 0 Å². The number of ether oxygens (including phenoxy) is 14. The lowest BCUT2D eigenvalue weighted by Gasteiger charge is -2.50. The lowest BCUT2D eigenvalue weighted by molar-refractivity contribution is -0.396. The normalized spacial score (nSPS) is 49.1. The summed E-state index contributed by atoms with van der Waals surface area (Å²) in [4.78, 5) is 0. The van der Waals surface area contributed by atoms with Gasteiger partial charge in [-0.15, -0.1) is 0 Å². The van der Waals surface area contributed by atoms with Gasteiger partial charge in [0.25, 0.3) is 0 Å². The summed E-state index contributed by atoms with van der Waals surface area (Å²) in [6.45, 7) is -6.84. The van der Waals surface area contributed by atoms with Crippen LogP contribution in [-0.4, -0.2) is 363 Å². The van der Waals surface area contributed by atoms with E-state index in [-0.39, 0.29) is 0 Å². The van der Waals surface area contributed by atoms with Gasteiger partial charge in [-0.1, -0.05) is 60.7 Å². The second-order valence-electron chi connectivity index (χ2n) is 22.7. The van der Waals surface area contributed by atoms with Crippen molar-refractivity contribution in [2.75, 3.05) is 46.2 Å². The van der Waals surface area contributed by atoms with Gasteiger partial charge in [-0.2, -0.15) is 0 Å². The van der Waals surface area contributed by atoms with Gasteiger partial charge >= 0.3 is 0 Å². The molecule has 36 heteroatoms. The molecule has 90 heavy (non-hydrogen) atoms. The summed E-state index contributed by atoms with van der Waals surface area (Å²) >= 11 is 0. The zero-order valence-corrected chi connectivity index (χ0v) is 48.3. The molecule has 0 spiro atoms. The molecule has 0 radical (unpaired) electrons. The summed E-state index contributed by atoms with van der Waals surface area (Å²) in [5.41, 5.74) is 0. The second-order valence-corrected chi connectivity index (χ2v) is 24.6. The van der Waals surface area contributed by atoms with Crippen molar-refractivity contribution in [2.24, 2.45) is 0 Å². The molecule has 21 aliphatic rings. The SMILES string of the molecule is OC[C@H]1O[C@@H]2O[C@H]3[C@H](O)[C@@H](O)[C@@H](O[C@H]4[C@H](O)[C@@H](O)[C@@H](O[C@H]5[C@H](O)[C@@H](O)[C@@H](O[C@H]6[C@H](O)[C@@H](O)[C@@H](O[C@H]7[C@H](O)[C@@H](O)[C@@H](O[C@H]8[C@H](O)[C@@H](O)[C@@H](O[C@H]1[C@H](O)[C@H]2O)O[C@@H]8CO)O[C@@H]7CO)O[C@@H]6CO)O[C@@H]5COP(c1ccccc1)c1ccccc1)O[C@@H]4CO)O[C@@H]3CO. The summed E-state index contributed by atoms with van der Waals surface area (Å²) in [6.07, 6.45) is -70.4. The van der Waals surface area contributed by atoms with Gasteiger partial charge in [0, 0.05) is 10.6 Å². The molecule has 14 bridgehead atoms. The topological polar surface area (TPSA) is 543 Å². The maximum atomic E-state index is 12.0. The van der Waals surface area contributed by atoms with Crippen molar-refractivity contribution in [1.29, 1.82) is 0 Å². The van der Waals surface area contributed by atoms with Crippen molar-refractivity contribution in [2.45, 2.75) is 215 Å². The van der Waals surface area contributed by atoms with Crippen LogP contribution in [0.2, 0.25) is 0 Å². The predicted molar refractivity (Wildman–Crippen MR) is 286 cm³/mol. The van der Waals surface area contributed by atoms with Crippen molar-refractivity contribution < 1.29 is 173 Å². The zero-order chi connectivity index (χ0) is 64.6. The Labute approximate surface area is 512 Å². The molecule has 23 rings (SSSR count). The molecule has 21 heterocycles. The molecule has 510 valence electrons. The van der Waals surface area contributed by atoms with Crippen LogP contribution in [0, 0.1) is 0 Å². The van der Waals surface area contributed by atoms with Crippen LogP contribution in [0.25, 0.3) is 0 Å². The minimum Gasteiger partial charge on any atom is -0.394 e. The third-order valence-electron chi connectivity index (χ3n) is 17.0. The van der Waals surface area contributed by atoms with E-state index in [2.05, 4.69) is 0 Å². The number of benzene rings is 2. The van der Waals surface area contributed by atoms with E-state index in [1.165, 1.54) is 0 Å². The molecule has 0 aromatic heterocycles. The van der Waals surface area contributed by atoms with Crippen LogP contribution >= 0.6 is 8.15 Å². The fourth-order valence-corrected chi connectivity index (χ4v) is 13.8. The van der Waals surface area contributed by atoms with E-state index in [1.807, 2.05) is 0 Å². The van der Waals surface area contributed by atoms with Gasteiger partial charge < -0.3 is 173 Å². The van der Waals surface area contributed by atoms with Crippen LogP contribution in [0.1, 0.15) is 0 Å². The Morgan fingerprint density at radius 3 is 0.611 bits per heavy atom. The van der Waals surface area contributed by atoms with Gasteiger partial charge in [-0.25, -0.2) is 0 Å². The van der Waals surface area contributed by atoms with E-state index in [0.29, 0.717) is 10.6 Å². The maximum absolute atomic E-state index is 12.0. The highest BCUT2D eigenvalue weighted by atomic mass is 31.1. The lowest BCUT2D eigenvalue weighted by Crippen LogP contribution is -2.68. The Morgan fingerprint density at radius 1 is 0.244 bits per heavy atom. The predicted octanol–water partition coefficient (Wildman–Crippen LogP) is -12.2. The molecule has 35 nitrogen and oxygen atoms in total. The first-order valence-electron chi connectivity index (χ1n) is 29.0. The first-order valence-corrected chi connectivity index (χ1v) is 30.3. The number of hydrogen-bond donors (Lipinski definition) is 20. The molecule has 2 aromatic rings. The summed E-state index contributed by atoms with van der Waals surface area (Å²) in [5, 5.41) is 227. The average Bonchev–Trinajstić information content (AvgIpc) is 0.879. The van der Waals surface area contributed by atoms with Crippen LogP contribution in [0.5, 0.6) is 0 Å². The van der Waals surface area contributed by atoms with Crippen molar-refractivity contribution in [1.82, 2.24) is 0 Å². The van der Waals surface area contributed by atoms with E-state index in [4.69, 9.17) is 70.8 Å². The Bertz CT molecular complexity index is 2450. The number of aliphatic hydroxyl groups excluding tert-OH is 20. The highest BCUT2D eigenvalue weighted by molar-refractivity contribution is 7.68. The Hall–Kier alpha value is -2.53. The van der Waals surface area contributed by atoms with Gasteiger partial charge in [-0.05, 0) is 0 Å². The smallest absolute Gasteiger partial charge is 0.187 e. The van der Waals surface area contributed by atoms with Crippen LogP contribution < -0.4 is 10.6 Å². The Balaban J connectivity index is 0.961. The van der Waals surface area contributed by atoms with Gasteiger partial charge in [-0.3, -0.25) is 0 Å². The third kappa shape index (κ3) is 14.3. The van der Waals surface area contributed by atoms with Gasteiger partial charge in [0.05, 0.1) is 54.4 Å². The van der Waals surface area contributed by atoms with E-state index >= 15 is 0 Å². The number of hydrogen-bond acceptors (Lipinski definition) is 35. The summed E-state index contributed by atoms with van der Waals surface area (Å²) in [6, 6.07) is 17.7. The highest BCUT2D eigenvalue weighted by Gasteiger charge is 2.60. The average molecular weight is 1320 g/mol. The van der Waals surface area contributed by atoms with Crippen LogP contribution in [0.4, 0.5) is 0 Å². The van der Waals surface area contributed by atoms with E-state index in [9.17, 15) is 102 Å². The minimum atomic E-state index is -2.22. The van der Waals surface area contributed by atoms with Gasteiger partial charge in [0.1, 0.15) is 171 Å². The van der Waals surface area contributed by atoms with Gasteiger partial charge in [0.15, 0.2) is 44.0 Å². The van der Waals surface area contributed by atoms with Crippen LogP contribution in [0.15, 0.2) is 60.7 Å². The molecule has 0 aliphatic carbocycles. The molecule has 2 aromatic carbocycles. The van der Waals surface area contributed by atoms with Crippen LogP contribution in [0.3, 0.4) is 0 Å². The van der Waals surface area contributed by atoms with Gasteiger partial charge in [0.2, 0.25) is 0 Å². The standard InChI is InChI=1S/C54H79O35P/c55-11-20-41-28(62)35(69)49(77-20)85-43-22(13-57)79-51(37(71)30(43)64)87-45-24(15-59)81-53(39(73)32(45)66)89-47-26(17-75-90(18-7-3-1-4-8-18)19-9-5-2-6-10-19)82-54(40(74)33(47)67)88-46-25(16-60)80-52(38(72)31(46)65)86-44-23(14-58)78-50(36(70)29(44)63)84-42-21(12-56)76-48(83-41)34(68)27(42)61/h1-10,20-74H,11-17H2/t20-,21-,22-,23-,24-,25-,26-,27-,28-,29-,30-,31-,32-,33-,34-,35-,36-,37-,38-,39-,40-,41-,42-,43-,44-,45-,46-,47-,48-,49-,50-,51-,52-,53-,54-/m1/s1. The quantitative estimate of drug-likeness (QED) is 0.0929. The minimum absolute atomic E-state index is 0.551. The van der Waals surface area contributed by atoms with E-state index in [0.717, 1.165) is 0 Å². The molecule has 21 aliphatic heterocycles. The fraction of sp³-hybridized carbons (Fsp3) is 0.778. The summed E-state index contributed by atoms with van der Waals surface area (Å²) in [7, 11) is -1.74. The Kier molecular flexibility index (Phi) is 24.0. The highest BCUT2D eigenvalue weighted by Crippen LogP contribution is 2.41. The molecule has 20 N–H and O–H groups in total. The molecule has 21 fully saturated rings. The zero-order valence-electron chi connectivity index (χ0n) is 47.4. The van der Waals surface area contributed by atoms with Crippen molar-refractivity contribution in [3.8, 4) is 0 Å². The first kappa shape index (κ1) is 70.3. The molecular formula is C54H79O35P. The summed E-state index contributed by atoms with van der Waals surface area (Å²) < 4.78 is 88.6. The largest absolute Gasteiger partial charge is 0.394 e. The van der Waals surface area contributed by atoms with Crippen LogP contribution in [-0.2, 0) is 70.8 Å². The maximum Gasteiger partial charge on any atom is 0.187 e. The molecular weight excluding hydrogens is 1240 g/mol. The van der Waals surface area contributed by atoms with Crippen molar-refractivity contribution >= 4 is 18.8 Å². The third-order valence-corrected chi connectivity index (χ3v) is 18.9. The van der Waals surface area contributed by atoms with Crippen molar-refractivity contribution in [3.05, 3.63) is 60.7 Å². The molecule has 0 unspecified atom stereocenters. The second kappa shape index (κ2) is 30.7. The number of aliphatic hydroxyl groups is 20. The Morgan fingerprint density at radius 2 is 0.422 bits per heavy atom. The lowest BCUT2D eigenvalue weighted by atomic mass is 9.95. The molecule has 0 saturated carbocycles. The first-order chi connectivity index (χ1) is 43.2. The number of rotatable bonds is 11. The molecule has 0 amide bonds. The fourth-order valence-electron chi connectivity index (χ4n) is 12.0. The molecule has 21 saturated heterocycles. The monoisotopic (exact) mass is 1320 g/mol. The van der Waals surface area contributed by atoms with E-state index < -0.39 is 269 Å².